The fourth-order valence-electron chi connectivity index (χ4n) is 3.03. The molecule has 0 nitrogen and oxygen atoms in total. The summed E-state index contributed by atoms with van der Waals surface area (Å²) in [6.45, 7) is 18.5. The Bertz CT molecular complexity index is 853. The van der Waals surface area contributed by atoms with Gasteiger partial charge in [0.1, 0.15) is 0 Å². The van der Waals surface area contributed by atoms with Crippen LogP contribution in [0.1, 0.15) is 75.8 Å². The second kappa shape index (κ2) is 15.6. The Labute approximate surface area is 180 Å². The van der Waals surface area contributed by atoms with E-state index in [0.29, 0.717) is 0 Å². The highest BCUT2D eigenvalue weighted by Gasteiger charge is 2.05. The minimum atomic E-state index is 1.20. The van der Waals surface area contributed by atoms with Gasteiger partial charge < -0.3 is 0 Å². The number of hydrogen-bond donors (Lipinski definition) is 0. The number of hydrogen-bond acceptors (Lipinski definition) is 0. The molecule has 1 aliphatic rings. The summed E-state index contributed by atoms with van der Waals surface area (Å²) in [7, 11) is 0. The average molecular weight is 391 g/mol. The van der Waals surface area contributed by atoms with E-state index < -0.39 is 0 Å². The molecule has 0 bridgehead atoms. The molecule has 0 atom stereocenters. The van der Waals surface area contributed by atoms with E-state index in [4.69, 9.17) is 0 Å². The first-order valence-electron chi connectivity index (χ1n) is 11.4. The van der Waals surface area contributed by atoms with Gasteiger partial charge in [0.15, 0.2) is 0 Å². The molecule has 3 aromatic carbocycles. The standard InChI is InChI=1S/C12H14.C11H10.3C2H6/c1-9-7-11-5-3-4-6-12(11)8-10(9)2;1-9-6-7-10-4-2-3-5-11(10)8-9;3*1-2/h3,5,7-8H,4,6H2,1-2H3;2-8H,1H3;3*1-2H3. The van der Waals surface area contributed by atoms with Crippen LogP contribution >= 0.6 is 0 Å². The van der Waals surface area contributed by atoms with Gasteiger partial charge >= 0.3 is 0 Å². The highest BCUT2D eigenvalue weighted by atomic mass is 14.1. The molecule has 0 amide bonds. The lowest BCUT2D eigenvalue weighted by Gasteiger charge is -2.12. The number of aryl methyl sites for hydroxylation is 4. The lowest BCUT2D eigenvalue weighted by Crippen LogP contribution is -1.96. The topological polar surface area (TPSA) is 0 Å². The Morgan fingerprint density at radius 1 is 0.621 bits per heavy atom. The zero-order chi connectivity index (χ0) is 22.2. The summed E-state index contributed by atoms with van der Waals surface area (Å²) < 4.78 is 0. The molecular weight excluding hydrogens is 348 g/mol. The third kappa shape index (κ3) is 8.69. The summed E-state index contributed by atoms with van der Waals surface area (Å²) >= 11 is 0. The Hall–Kier alpha value is -2.34. The maximum atomic E-state index is 2.33. The Kier molecular flexibility index (Phi) is 14.3. The first kappa shape index (κ1) is 26.7. The monoisotopic (exact) mass is 390 g/mol. The van der Waals surface area contributed by atoms with Crippen molar-refractivity contribution in [1.29, 1.82) is 0 Å². The van der Waals surface area contributed by atoms with Crippen molar-refractivity contribution in [2.75, 3.05) is 0 Å². The van der Waals surface area contributed by atoms with Crippen LogP contribution in [-0.2, 0) is 6.42 Å². The molecule has 3 aromatic rings. The zero-order valence-corrected chi connectivity index (χ0v) is 20.3. The van der Waals surface area contributed by atoms with E-state index in [1.165, 1.54) is 51.4 Å². The average Bonchev–Trinajstić information content (AvgIpc) is 2.79. The van der Waals surface area contributed by atoms with Gasteiger partial charge in [0.2, 0.25) is 0 Å². The van der Waals surface area contributed by atoms with Crippen LogP contribution in [0.5, 0.6) is 0 Å². The van der Waals surface area contributed by atoms with E-state index >= 15 is 0 Å². The first-order valence-corrected chi connectivity index (χ1v) is 11.4. The Morgan fingerprint density at radius 3 is 1.86 bits per heavy atom. The third-order valence-electron chi connectivity index (χ3n) is 4.54. The van der Waals surface area contributed by atoms with Crippen LogP contribution in [0.2, 0.25) is 0 Å². The second-order valence-corrected chi connectivity index (χ2v) is 6.43. The fourth-order valence-corrected chi connectivity index (χ4v) is 3.03. The second-order valence-electron chi connectivity index (χ2n) is 6.43. The Balaban J connectivity index is 0.000000432. The quantitative estimate of drug-likeness (QED) is 0.358. The van der Waals surface area contributed by atoms with Crippen LogP contribution < -0.4 is 0 Å². The summed E-state index contributed by atoms with van der Waals surface area (Å²) in [5.74, 6) is 0. The lowest BCUT2D eigenvalue weighted by molar-refractivity contribution is 0.979. The molecule has 0 N–H and O–H groups in total. The molecule has 0 heteroatoms. The molecule has 0 saturated heterocycles. The van der Waals surface area contributed by atoms with Crippen LogP contribution in [0.15, 0.2) is 60.7 Å². The van der Waals surface area contributed by atoms with E-state index in [0.717, 1.165) is 0 Å². The molecular formula is C29H42. The van der Waals surface area contributed by atoms with Gasteiger partial charge in [-0.2, -0.15) is 0 Å². The van der Waals surface area contributed by atoms with Gasteiger partial charge in [-0.1, -0.05) is 114 Å². The molecule has 1 aliphatic carbocycles. The molecule has 0 spiro atoms. The molecule has 0 radical (unpaired) electrons. The van der Waals surface area contributed by atoms with Crippen molar-refractivity contribution < 1.29 is 0 Å². The zero-order valence-electron chi connectivity index (χ0n) is 20.3. The van der Waals surface area contributed by atoms with Crippen molar-refractivity contribution in [2.45, 2.75) is 75.2 Å². The predicted octanol–water partition coefficient (Wildman–Crippen LogP) is 9.49. The summed E-state index contributed by atoms with van der Waals surface area (Å²) in [4.78, 5) is 0. The van der Waals surface area contributed by atoms with Crippen LogP contribution in [-0.4, -0.2) is 0 Å². The van der Waals surface area contributed by atoms with Gasteiger partial charge in [-0.05, 0) is 66.6 Å². The lowest BCUT2D eigenvalue weighted by atomic mass is 9.93. The molecule has 0 heterocycles. The minimum absolute atomic E-state index is 1.20. The summed E-state index contributed by atoms with van der Waals surface area (Å²) in [5, 5.41) is 2.64. The van der Waals surface area contributed by atoms with Crippen molar-refractivity contribution in [3.05, 3.63) is 88.5 Å². The minimum Gasteiger partial charge on any atom is -0.0836 e. The van der Waals surface area contributed by atoms with Crippen molar-refractivity contribution in [3.63, 3.8) is 0 Å². The SMILES string of the molecule is CC.CC.CC.Cc1cc2c(cc1C)CCC=C2.Cc1ccc2ccccc2c1. The third-order valence-corrected chi connectivity index (χ3v) is 4.54. The fraction of sp³-hybridized carbons (Fsp3) is 0.379. The van der Waals surface area contributed by atoms with Crippen molar-refractivity contribution in [1.82, 2.24) is 0 Å². The molecule has 0 fully saturated rings. The van der Waals surface area contributed by atoms with Crippen LogP contribution in [0.25, 0.3) is 16.8 Å². The van der Waals surface area contributed by atoms with Gasteiger partial charge in [0.05, 0.1) is 0 Å². The van der Waals surface area contributed by atoms with Crippen molar-refractivity contribution in [2.24, 2.45) is 0 Å². The maximum Gasteiger partial charge on any atom is -0.0181 e. The highest BCUT2D eigenvalue weighted by molar-refractivity contribution is 5.82. The van der Waals surface area contributed by atoms with E-state index in [1.54, 1.807) is 0 Å². The maximum absolute atomic E-state index is 2.33. The Morgan fingerprint density at radius 2 is 1.21 bits per heavy atom. The summed E-state index contributed by atoms with van der Waals surface area (Å²) in [5.41, 5.74) is 7.08. The van der Waals surface area contributed by atoms with Crippen molar-refractivity contribution >= 4 is 16.8 Å². The molecule has 4 rings (SSSR count). The summed E-state index contributed by atoms with van der Waals surface area (Å²) in [6.07, 6.45) is 6.92. The molecule has 0 unspecified atom stereocenters. The highest BCUT2D eigenvalue weighted by Crippen LogP contribution is 2.22. The van der Waals surface area contributed by atoms with Crippen molar-refractivity contribution in [3.8, 4) is 0 Å². The van der Waals surface area contributed by atoms with E-state index in [2.05, 4.69) is 87.5 Å². The van der Waals surface area contributed by atoms with Crippen LogP contribution in [0, 0.1) is 20.8 Å². The normalized spacial score (nSPS) is 10.5. The number of rotatable bonds is 0. The van der Waals surface area contributed by atoms with Gasteiger partial charge in [-0.25, -0.2) is 0 Å². The first-order chi connectivity index (χ1) is 14.1. The molecule has 0 saturated carbocycles. The molecule has 29 heavy (non-hydrogen) atoms. The predicted molar refractivity (Wildman–Crippen MR) is 136 cm³/mol. The van der Waals surface area contributed by atoms with Gasteiger partial charge in [0.25, 0.3) is 0 Å². The van der Waals surface area contributed by atoms with Gasteiger partial charge in [0, 0.05) is 0 Å². The van der Waals surface area contributed by atoms with Crippen LogP contribution in [0.4, 0.5) is 0 Å². The number of benzene rings is 3. The summed E-state index contributed by atoms with van der Waals surface area (Å²) in [6, 6.07) is 19.5. The van der Waals surface area contributed by atoms with Gasteiger partial charge in [-0.3, -0.25) is 0 Å². The number of fused-ring (bicyclic) bond motifs is 2. The van der Waals surface area contributed by atoms with E-state index in [9.17, 15) is 0 Å². The molecule has 0 aromatic heterocycles. The van der Waals surface area contributed by atoms with E-state index in [-0.39, 0.29) is 0 Å². The molecule has 158 valence electrons. The number of allylic oxidation sites excluding steroid dienone is 1. The molecule has 0 aliphatic heterocycles. The van der Waals surface area contributed by atoms with E-state index in [1.807, 2.05) is 41.5 Å². The van der Waals surface area contributed by atoms with Gasteiger partial charge in [-0.15, -0.1) is 0 Å². The smallest absolute Gasteiger partial charge is 0.0181 e. The largest absolute Gasteiger partial charge is 0.0836 e. The van der Waals surface area contributed by atoms with Crippen LogP contribution in [0.3, 0.4) is 0 Å².